The fourth-order valence-electron chi connectivity index (χ4n) is 1.88. The van der Waals surface area contributed by atoms with Gasteiger partial charge in [0.1, 0.15) is 5.69 Å². The van der Waals surface area contributed by atoms with Gasteiger partial charge in [-0.15, -0.1) is 0 Å². The summed E-state index contributed by atoms with van der Waals surface area (Å²) >= 11 is 3.47. The van der Waals surface area contributed by atoms with Gasteiger partial charge in [0.15, 0.2) is 12.2 Å². The molecule has 0 aliphatic rings. The third-order valence-corrected chi connectivity index (χ3v) is 3.19. The maximum Gasteiger partial charge on any atom is 0.182 e. The first-order valence-electron chi connectivity index (χ1n) is 5.59. The summed E-state index contributed by atoms with van der Waals surface area (Å²) in [5, 5.41) is 0. The van der Waals surface area contributed by atoms with E-state index in [0.29, 0.717) is 0 Å². The molecule has 0 saturated carbocycles. The van der Waals surface area contributed by atoms with E-state index >= 15 is 0 Å². The Morgan fingerprint density at radius 2 is 1.67 bits per heavy atom. The summed E-state index contributed by atoms with van der Waals surface area (Å²) in [6.45, 7) is 0. The van der Waals surface area contributed by atoms with Crippen molar-refractivity contribution in [1.29, 1.82) is 0 Å². The number of halogens is 1. The molecular weight excluding hydrogens is 290 g/mol. The van der Waals surface area contributed by atoms with Crippen LogP contribution in [-0.4, -0.2) is 4.98 Å². The van der Waals surface area contributed by atoms with Crippen molar-refractivity contribution in [2.24, 2.45) is 0 Å². The van der Waals surface area contributed by atoms with Gasteiger partial charge in [0.2, 0.25) is 0 Å². The summed E-state index contributed by atoms with van der Waals surface area (Å²) in [5.41, 5.74) is 2.93. The lowest BCUT2D eigenvalue weighted by Gasteiger charge is -2.02. The lowest BCUT2D eigenvalue weighted by Crippen LogP contribution is -1.82. The second-order valence-corrected chi connectivity index (χ2v) is 4.82. The van der Waals surface area contributed by atoms with Crippen molar-refractivity contribution in [2.45, 2.75) is 0 Å². The number of nitrogens with zero attached hydrogens (tertiary/aromatic N) is 1. The van der Waals surface area contributed by atoms with Gasteiger partial charge in [0.05, 0.1) is 0 Å². The monoisotopic (exact) mass is 299 g/mol. The zero-order chi connectivity index (χ0) is 12.4. The van der Waals surface area contributed by atoms with Crippen LogP contribution in [-0.2, 0) is 0 Å². The highest BCUT2D eigenvalue weighted by Gasteiger charge is 2.12. The Bertz CT molecular complexity index is 661. The molecule has 3 rings (SSSR count). The molecule has 0 spiro atoms. The molecule has 2 aromatic carbocycles. The molecule has 0 aliphatic heterocycles. The number of aromatic nitrogens is 1. The van der Waals surface area contributed by atoms with Crippen LogP contribution in [0, 0.1) is 0 Å². The van der Waals surface area contributed by atoms with Crippen molar-refractivity contribution in [1.82, 2.24) is 4.98 Å². The van der Waals surface area contributed by atoms with Gasteiger partial charge in [0.25, 0.3) is 0 Å². The molecule has 0 unspecified atom stereocenters. The topological polar surface area (TPSA) is 26.0 Å². The normalized spacial score (nSPS) is 10.5. The Labute approximate surface area is 113 Å². The first-order chi connectivity index (χ1) is 8.84. The molecule has 18 heavy (non-hydrogen) atoms. The van der Waals surface area contributed by atoms with Gasteiger partial charge in [-0.25, -0.2) is 4.98 Å². The summed E-state index contributed by atoms with van der Waals surface area (Å²) in [6.07, 6.45) is 1.48. The zero-order valence-electron chi connectivity index (χ0n) is 9.51. The van der Waals surface area contributed by atoms with Crippen LogP contribution >= 0.6 is 15.9 Å². The number of hydrogen-bond acceptors (Lipinski definition) is 2. The van der Waals surface area contributed by atoms with Crippen molar-refractivity contribution in [3.63, 3.8) is 0 Å². The van der Waals surface area contributed by atoms with E-state index in [-0.39, 0.29) is 0 Å². The average molecular weight is 300 g/mol. The molecule has 1 heterocycles. The van der Waals surface area contributed by atoms with E-state index in [1.165, 1.54) is 6.39 Å². The third kappa shape index (κ3) is 2.09. The lowest BCUT2D eigenvalue weighted by atomic mass is 10.1. The van der Waals surface area contributed by atoms with Crippen LogP contribution in [0.3, 0.4) is 0 Å². The Morgan fingerprint density at radius 1 is 0.889 bits per heavy atom. The number of oxazole rings is 1. The largest absolute Gasteiger partial charge is 0.443 e. The number of benzene rings is 2. The minimum absolute atomic E-state index is 0.800. The van der Waals surface area contributed by atoms with Crippen molar-refractivity contribution in [3.05, 3.63) is 65.5 Å². The summed E-state index contributed by atoms with van der Waals surface area (Å²) in [5.74, 6) is 0.800. The molecule has 0 fully saturated rings. The van der Waals surface area contributed by atoms with Gasteiger partial charge in [-0.05, 0) is 12.1 Å². The molecule has 2 nitrogen and oxygen atoms in total. The van der Waals surface area contributed by atoms with E-state index in [2.05, 4.69) is 20.9 Å². The summed E-state index contributed by atoms with van der Waals surface area (Å²) < 4.78 is 6.55. The Balaban J connectivity index is 2.13. The zero-order valence-corrected chi connectivity index (χ0v) is 11.1. The van der Waals surface area contributed by atoms with Crippen LogP contribution in [0.2, 0.25) is 0 Å². The smallest absolute Gasteiger partial charge is 0.182 e. The molecule has 3 aromatic rings. The molecule has 0 radical (unpaired) electrons. The maximum absolute atomic E-state index is 5.52. The molecule has 0 amide bonds. The van der Waals surface area contributed by atoms with E-state index < -0.39 is 0 Å². The Kier molecular flexibility index (Phi) is 2.99. The van der Waals surface area contributed by atoms with Crippen molar-refractivity contribution >= 4 is 15.9 Å². The predicted octanol–water partition coefficient (Wildman–Crippen LogP) is 4.77. The number of hydrogen-bond donors (Lipinski definition) is 0. The quantitative estimate of drug-likeness (QED) is 0.681. The Hall–Kier alpha value is -1.87. The van der Waals surface area contributed by atoms with Crippen LogP contribution in [0.1, 0.15) is 0 Å². The third-order valence-electron chi connectivity index (χ3n) is 2.70. The van der Waals surface area contributed by atoms with E-state index in [4.69, 9.17) is 4.42 Å². The SMILES string of the molecule is Brc1cccc(-c2ncoc2-c2ccccc2)c1. The van der Waals surface area contributed by atoms with Crippen LogP contribution in [0.25, 0.3) is 22.6 Å². The second-order valence-electron chi connectivity index (χ2n) is 3.91. The molecule has 0 atom stereocenters. The summed E-state index contributed by atoms with van der Waals surface area (Å²) in [6, 6.07) is 18.0. The van der Waals surface area contributed by atoms with Gasteiger partial charge in [0, 0.05) is 15.6 Å². The van der Waals surface area contributed by atoms with Crippen molar-refractivity contribution in [2.75, 3.05) is 0 Å². The minimum atomic E-state index is 0.800. The van der Waals surface area contributed by atoms with E-state index in [0.717, 1.165) is 27.1 Å². The fourth-order valence-corrected chi connectivity index (χ4v) is 2.28. The predicted molar refractivity (Wildman–Crippen MR) is 75.1 cm³/mol. The maximum atomic E-state index is 5.52. The van der Waals surface area contributed by atoms with E-state index in [1.54, 1.807) is 0 Å². The summed E-state index contributed by atoms with van der Waals surface area (Å²) in [4.78, 5) is 4.32. The van der Waals surface area contributed by atoms with Crippen LogP contribution in [0.15, 0.2) is 69.9 Å². The van der Waals surface area contributed by atoms with Crippen LogP contribution < -0.4 is 0 Å². The highest BCUT2D eigenvalue weighted by molar-refractivity contribution is 9.10. The van der Waals surface area contributed by atoms with Gasteiger partial charge in [-0.1, -0.05) is 58.4 Å². The van der Waals surface area contributed by atoms with Gasteiger partial charge in [-0.2, -0.15) is 0 Å². The minimum Gasteiger partial charge on any atom is -0.443 e. The fraction of sp³-hybridized carbons (Fsp3) is 0. The highest BCUT2D eigenvalue weighted by atomic mass is 79.9. The van der Waals surface area contributed by atoms with Crippen molar-refractivity contribution in [3.8, 4) is 22.6 Å². The molecule has 0 aliphatic carbocycles. The molecule has 88 valence electrons. The van der Waals surface area contributed by atoms with Crippen molar-refractivity contribution < 1.29 is 4.42 Å². The van der Waals surface area contributed by atoms with Crippen LogP contribution in [0.4, 0.5) is 0 Å². The van der Waals surface area contributed by atoms with E-state index in [9.17, 15) is 0 Å². The van der Waals surface area contributed by atoms with Crippen LogP contribution in [0.5, 0.6) is 0 Å². The van der Waals surface area contributed by atoms with Gasteiger partial charge < -0.3 is 4.42 Å². The first kappa shape index (κ1) is 11.2. The first-order valence-corrected chi connectivity index (χ1v) is 6.39. The average Bonchev–Trinajstić information content (AvgIpc) is 2.89. The highest BCUT2D eigenvalue weighted by Crippen LogP contribution is 2.31. The molecule has 0 N–H and O–H groups in total. The second kappa shape index (κ2) is 4.78. The number of rotatable bonds is 2. The molecule has 0 bridgehead atoms. The molecule has 0 saturated heterocycles. The molecular formula is C15H10BrNO. The molecule has 1 aromatic heterocycles. The summed E-state index contributed by atoms with van der Waals surface area (Å²) in [7, 11) is 0. The standard InChI is InChI=1S/C15H10BrNO/c16-13-8-4-7-12(9-13)14-15(18-10-17-14)11-5-2-1-3-6-11/h1-10H. The van der Waals surface area contributed by atoms with Gasteiger partial charge in [-0.3, -0.25) is 0 Å². The van der Waals surface area contributed by atoms with Gasteiger partial charge >= 0.3 is 0 Å². The Morgan fingerprint density at radius 3 is 2.44 bits per heavy atom. The lowest BCUT2D eigenvalue weighted by molar-refractivity contribution is 0.572. The molecule has 3 heteroatoms. The van der Waals surface area contributed by atoms with E-state index in [1.807, 2.05) is 54.6 Å².